The van der Waals surface area contributed by atoms with Crippen molar-refractivity contribution < 1.29 is 27.5 Å². The number of esters is 1. The summed E-state index contributed by atoms with van der Waals surface area (Å²) >= 11 is 0. The molecule has 2 rings (SSSR count). The van der Waals surface area contributed by atoms with Crippen LogP contribution in [0.4, 0.5) is 0 Å². The lowest BCUT2D eigenvalue weighted by Crippen LogP contribution is -2.42. The molecule has 27 heavy (non-hydrogen) atoms. The van der Waals surface area contributed by atoms with E-state index in [9.17, 15) is 22.8 Å². The van der Waals surface area contributed by atoms with Crippen LogP contribution < -0.4 is 5.32 Å². The third kappa shape index (κ3) is 6.16. The van der Waals surface area contributed by atoms with E-state index in [0.717, 1.165) is 11.1 Å². The van der Waals surface area contributed by atoms with Gasteiger partial charge in [-0.2, -0.15) is 0 Å². The van der Waals surface area contributed by atoms with Gasteiger partial charge in [0.25, 0.3) is 5.91 Å². The molecular formula is C19H25NO6S. The van der Waals surface area contributed by atoms with E-state index in [2.05, 4.69) is 5.32 Å². The van der Waals surface area contributed by atoms with Gasteiger partial charge in [-0.3, -0.25) is 14.4 Å². The van der Waals surface area contributed by atoms with E-state index in [-0.39, 0.29) is 30.1 Å². The first-order valence-electron chi connectivity index (χ1n) is 8.88. The van der Waals surface area contributed by atoms with Gasteiger partial charge < -0.3 is 10.1 Å². The van der Waals surface area contributed by atoms with E-state index in [4.69, 9.17) is 4.74 Å². The van der Waals surface area contributed by atoms with Crippen molar-refractivity contribution in [2.45, 2.75) is 52.2 Å². The molecule has 1 aliphatic heterocycles. The number of ketones is 1. The van der Waals surface area contributed by atoms with Crippen molar-refractivity contribution in [3.63, 3.8) is 0 Å². The zero-order chi connectivity index (χ0) is 20.2. The molecule has 0 bridgehead atoms. The molecule has 0 unspecified atom stereocenters. The fourth-order valence-electron chi connectivity index (χ4n) is 2.92. The molecule has 2 atom stereocenters. The molecule has 1 amide bonds. The van der Waals surface area contributed by atoms with Crippen molar-refractivity contribution in [2.75, 3.05) is 11.5 Å². The lowest BCUT2D eigenvalue weighted by molar-refractivity contribution is -0.154. The number of carbonyl (C=O) groups is 3. The lowest BCUT2D eigenvalue weighted by Gasteiger charge is -2.16. The fourth-order valence-corrected chi connectivity index (χ4v) is 4.60. The van der Waals surface area contributed by atoms with Crippen LogP contribution in [0.3, 0.4) is 0 Å². The topological polar surface area (TPSA) is 107 Å². The Bertz CT molecular complexity index is 846. The highest BCUT2D eigenvalue weighted by Gasteiger charge is 2.30. The third-order valence-corrected chi connectivity index (χ3v) is 6.27. The van der Waals surface area contributed by atoms with Crippen LogP contribution in [-0.2, 0) is 24.2 Å². The number of benzene rings is 1. The van der Waals surface area contributed by atoms with E-state index >= 15 is 0 Å². The van der Waals surface area contributed by atoms with Gasteiger partial charge in [0.15, 0.2) is 21.7 Å². The van der Waals surface area contributed by atoms with E-state index in [1.54, 1.807) is 6.07 Å². The Balaban J connectivity index is 1.80. The number of rotatable bonds is 7. The van der Waals surface area contributed by atoms with Gasteiger partial charge in [0.05, 0.1) is 17.9 Å². The summed E-state index contributed by atoms with van der Waals surface area (Å²) in [5, 5.41) is 2.58. The molecule has 1 aliphatic rings. The molecule has 1 saturated heterocycles. The summed E-state index contributed by atoms with van der Waals surface area (Å²) in [6.07, 6.45) is -0.810. The number of amides is 1. The normalized spacial score (nSPS) is 19.3. The summed E-state index contributed by atoms with van der Waals surface area (Å²) < 4.78 is 27.9. The number of hydrogen-bond donors (Lipinski definition) is 1. The van der Waals surface area contributed by atoms with Crippen LogP contribution in [0.2, 0.25) is 0 Å². The highest BCUT2D eigenvalue weighted by Crippen LogP contribution is 2.15. The van der Waals surface area contributed by atoms with Crippen molar-refractivity contribution in [1.29, 1.82) is 0 Å². The average Bonchev–Trinajstić information content (AvgIpc) is 2.93. The number of nitrogens with one attached hydrogen (secondary N) is 1. The molecule has 0 radical (unpaired) electrons. The molecule has 1 fully saturated rings. The van der Waals surface area contributed by atoms with Crippen LogP contribution in [0.1, 0.15) is 47.7 Å². The quantitative estimate of drug-likeness (QED) is 0.554. The standard InChI is InChI=1S/C19H25NO6S/c1-12-4-5-13(2)16(10-12)17(21)6-7-18(22)26-14(3)19(23)20-15-8-9-27(24,25)11-15/h4-5,10,14-15H,6-9,11H2,1-3H3,(H,20,23)/t14-,15+/m0/s1. The van der Waals surface area contributed by atoms with Crippen LogP contribution in [0.15, 0.2) is 18.2 Å². The highest BCUT2D eigenvalue weighted by molar-refractivity contribution is 7.91. The van der Waals surface area contributed by atoms with Crippen LogP contribution in [0, 0.1) is 13.8 Å². The SMILES string of the molecule is Cc1ccc(C)c(C(=O)CCC(=O)O[C@@H](C)C(=O)N[C@@H]2CCS(=O)(=O)C2)c1. The van der Waals surface area contributed by atoms with Gasteiger partial charge in [-0.05, 0) is 38.8 Å². The Morgan fingerprint density at radius 1 is 1.22 bits per heavy atom. The molecule has 0 aromatic heterocycles. The Morgan fingerprint density at radius 3 is 2.56 bits per heavy atom. The van der Waals surface area contributed by atoms with Crippen LogP contribution in [0.5, 0.6) is 0 Å². The Labute approximate surface area is 159 Å². The molecule has 0 aliphatic carbocycles. The monoisotopic (exact) mass is 395 g/mol. The zero-order valence-corrected chi connectivity index (χ0v) is 16.6. The van der Waals surface area contributed by atoms with Gasteiger partial charge >= 0.3 is 5.97 Å². The number of ether oxygens (including phenoxy) is 1. The van der Waals surface area contributed by atoms with Crippen LogP contribution >= 0.6 is 0 Å². The van der Waals surface area contributed by atoms with E-state index in [1.807, 2.05) is 26.0 Å². The van der Waals surface area contributed by atoms with Gasteiger partial charge in [-0.1, -0.05) is 17.7 Å². The Kier molecular flexibility index (Phi) is 6.75. The van der Waals surface area contributed by atoms with E-state index < -0.39 is 33.9 Å². The second kappa shape index (κ2) is 8.65. The minimum Gasteiger partial charge on any atom is -0.453 e. The average molecular weight is 395 g/mol. The van der Waals surface area contributed by atoms with E-state index in [0.29, 0.717) is 12.0 Å². The Hall–Kier alpha value is -2.22. The van der Waals surface area contributed by atoms with Gasteiger partial charge in [0, 0.05) is 18.0 Å². The maximum atomic E-state index is 12.3. The first kappa shape index (κ1) is 21.1. The summed E-state index contributed by atoms with van der Waals surface area (Å²) in [5.74, 6) is -1.38. The molecule has 148 valence electrons. The van der Waals surface area contributed by atoms with Crippen LogP contribution in [0.25, 0.3) is 0 Å². The van der Waals surface area contributed by atoms with Crippen molar-refractivity contribution in [1.82, 2.24) is 5.32 Å². The number of carbonyl (C=O) groups excluding carboxylic acids is 3. The van der Waals surface area contributed by atoms with Gasteiger partial charge in [-0.25, -0.2) is 8.42 Å². The summed E-state index contributed by atoms with van der Waals surface area (Å²) in [4.78, 5) is 36.3. The maximum absolute atomic E-state index is 12.3. The van der Waals surface area contributed by atoms with Crippen LogP contribution in [-0.4, -0.2) is 49.7 Å². The van der Waals surface area contributed by atoms with Crippen molar-refractivity contribution in [2.24, 2.45) is 0 Å². The first-order chi connectivity index (χ1) is 12.6. The first-order valence-corrected chi connectivity index (χ1v) is 10.7. The smallest absolute Gasteiger partial charge is 0.307 e. The number of hydrogen-bond acceptors (Lipinski definition) is 6. The lowest BCUT2D eigenvalue weighted by atomic mass is 9.99. The zero-order valence-electron chi connectivity index (χ0n) is 15.8. The molecule has 1 heterocycles. The second-order valence-corrected chi connectivity index (χ2v) is 9.21. The number of Topliss-reactive ketones (excluding diaryl/α,β-unsaturated/α-hetero) is 1. The molecule has 1 aromatic rings. The summed E-state index contributed by atoms with van der Waals surface area (Å²) in [7, 11) is -3.10. The second-order valence-electron chi connectivity index (χ2n) is 6.98. The summed E-state index contributed by atoms with van der Waals surface area (Å²) in [6, 6.07) is 5.11. The summed E-state index contributed by atoms with van der Waals surface area (Å²) in [5.41, 5.74) is 2.39. The van der Waals surface area contributed by atoms with Gasteiger partial charge in [0.2, 0.25) is 0 Å². The van der Waals surface area contributed by atoms with Crippen molar-refractivity contribution >= 4 is 27.5 Å². The molecule has 1 N–H and O–H groups in total. The van der Waals surface area contributed by atoms with Gasteiger partial charge in [-0.15, -0.1) is 0 Å². The molecule has 8 heteroatoms. The fraction of sp³-hybridized carbons (Fsp3) is 0.526. The predicted molar refractivity (Wildman–Crippen MR) is 100 cm³/mol. The van der Waals surface area contributed by atoms with Crippen molar-refractivity contribution in [3.05, 3.63) is 34.9 Å². The number of aryl methyl sites for hydroxylation is 2. The molecular weight excluding hydrogens is 370 g/mol. The predicted octanol–water partition coefficient (Wildman–Crippen LogP) is 1.50. The highest BCUT2D eigenvalue weighted by atomic mass is 32.2. The third-order valence-electron chi connectivity index (χ3n) is 4.51. The summed E-state index contributed by atoms with van der Waals surface area (Å²) in [6.45, 7) is 5.14. The molecule has 0 saturated carbocycles. The minimum absolute atomic E-state index is 0.00165. The van der Waals surface area contributed by atoms with E-state index in [1.165, 1.54) is 6.92 Å². The largest absolute Gasteiger partial charge is 0.453 e. The minimum atomic E-state index is -3.10. The van der Waals surface area contributed by atoms with Crippen molar-refractivity contribution in [3.8, 4) is 0 Å². The molecule has 1 aromatic carbocycles. The van der Waals surface area contributed by atoms with Gasteiger partial charge in [0.1, 0.15) is 0 Å². The molecule has 0 spiro atoms. The number of sulfone groups is 1. The Morgan fingerprint density at radius 2 is 1.93 bits per heavy atom. The maximum Gasteiger partial charge on any atom is 0.307 e. The molecule has 7 nitrogen and oxygen atoms in total.